The molecule has 2 amide bonds. The van der Waals surface area contributed by atoms with Crippen LogP contribution in [0.1, 0.15) is 30.9 Å². The molecule has 182 valence electrons. The summed E-state index contributed by atoms with van der Waals surface area (Å²) in [5.74, 6) is 0.443. The number of hydrogen-bond donors (Lipinski definition) is 2. The molecule has 9 heteroatoms. The van der Waals surface area contributed by atoms with Crippen molar-refractivity contribution in [2.75, 3.05) is 11.9 Å². The summed E-state index contributed by atoms with van der Waals surface area (Å²) in [6.45, 7) is 2.63. The van der Waals surface area contributed by atoms with Crippen LogP contribution in [0.25, 0.3) is 0 Å². The summed E-state index contributed by atoms with van der Waals surface area (Å²) in [6.07, 6.45) is 1.49. The van der Waals surface area contributed by atoms with Crippen LogP contribution in [-0.4, -0.2) is 24.6 Å². The lowest BCUT2D eigenvalue weighted by molar-refractivity contribution is -0.124. The molecule has 0 aliphatic carbocycles. The highest BCUT2D eigenvalue weighted by Gasteiger charge is 2.09. The summed E-state index contributed by atoms with van der Waals surface area (Å²) in [4.78, 5) is 24.0. The van der Waals surface area contributed by atoms with Gasteiger partial charge < -0.3 is 14.8 Å². The highest BCUT2D eigenvalue weighted by atomic mass is 35.5. The number of amides is 2. The average Bonchev–Trinajstić information content (AvgIpc) is 2.83. The Morgan fingerprint density at radius 1 is 0.914 bits per heavy atom. The predicted octanol–water partition coefficient (Wildman–Crippen LogP) is 5.84. The molecule has 0 saturated carbocycles. The second-order valence-electron chi connectivity index (χ2n) is 7.37. The predicted molar refractivity (Wildman–Crippen MR) is 138 cm³/mol. The fraction of sp³-hybridized carbons (Fsp3) is 0.192. The molecule has 2 N–H and O–H groups in total. The van der Waals surface area contributed by atoms with E-state index in [1.807, 2.05) is 31.2 Å². The largest absolute Gasteiger partial charge is 0.490 e. The zero-order valence-electron chi connectivity index (χ0n) is 19.1. The Morgan fingerprint density at radius 3 is 2.49 bits per heavy atom. The molecule has 0 aliphatic heterocycles. The summed E-state index contributed by atoms with van der Waals surface area (Å²) in [5, 5.41) is 7.80. The molecule has 0 radical (unpaired) electrons. The van der Waals surface area contributed by atoms with E-state index in [0.717, 1.165) is 5.56 Å². The molecule has 0 saturated heterocycles. The molecule has 0 fully saturated rings. The van der Waals surface area contributed by atoms with Crippen LogP contribution in [-0.2, 0) is 16.2 Å². The minimum Gasteiger partial charge on any atom is -0.490 e. The van der Waals surface area contributed by atoms with E-state index < -0.39 is 0 Å². The molecule has 3 aromatic carbocycles. The maximum absolute atomic E-state index is 12.0. The van der Waals surface area contributed by atoms with Gasteiger partial charge in [-0.1, -0.05) is 47.5 Å². The number of halogens is 2. The smallest absolute Gasteiger partial charge is 0.240 e. The van der Waals surface area contributed by atoms with E-state index >= 15 is 0 Å². The first-order chi connectivity index (χ1) is 16.9. The first-order valence-corrected chi connectivity index (χ1v) is 11.7. The summed E-state index contributed by atoms with van der Waals surface area (Å²) in [6, 6.07) is 19.6. The average molecular weight is 514 g/mol. The van der Waals surface area contributed by atoms with Gasteiger partial charge in [-0.25, -0.2) is 5.43 Å². The first kappa shape index (κ1) is 26.1. The number of nitrogens with zero attached hydrogens (tertiary/aromatic N) is 1. The Balaban J connectivity index is 1.50. The van der Waals surface area contributed by atoms with E-state index in [2.05, 4.69) is 15.8 Å². The van der Waals surface area contributed by atoms with Gasteiger partial charge in [0.1, 0.15) is 6.61 Å². The van der Waals surface area contributed by atoms with Crippen LogP contribution in [0.15, 0.2) is 71.8 Å². The fourth-order valence-electron chi connectivity index (χ4n) is 3.01. The van der Waals surface area contributed by atoms with Gasteiger partial charge in [-0.15, -0.1) is 0 Å². The SMILES string of the molecule is CCOc1cc(C=NNC(=O)CCC(=O)Nc2cccc(Cl)c2)ccc1OCc1ccccc1Cl. The molecular formula is C26H25Cl2N3O4. The maximum atomic E-state index is 12.0. The van der Waals surface area contributed by atoms with Crippen molar-refractivity contribution in [3.63, 3.8) is 0 Å². The number of anilines is 1. The Bertz CT molecular complexity index is 1200. The topological polar surface area (TPSA) is 89.0 Å². The lowest BCUT2D eigenvalue weighted by atomic mass is 10.2. The van der Waals surface area contributed by atoms with Crippen molar-refractivity contribution in [1.29, 1.82) is 0 Å². The molecule has 0 unspecified atom stereocenters. The van der Waals surface area contributed by atoms with E-state index in [9.17, 15) is 9.59 Å². The number of rotatable bonds is 11. The number of hydrogen-bond acceptors (Lipinski definition) is 5. The van der Waals surface area contributed by atoms with Gasteiger partial charge in [0.15, 0.2) is 11.5 Å². The maximum Gasteiger partial charge on any atom is 0.240 e. The summed E-state index contributed by atoms with van der Waals surface area (Å²) < 4.78 is 11.6. The minimum atomic E-state index is -0.382. The Kier molecular flexibility index (Phi) is 9.95. The highest BCUT2D eigenvalue weighted by molar-refractivity contribution is 6.31. The second kappa shape index (κ2) is 13.4. The van der Waals surface area contributed by atoms with Gasteiger partial charge in [0.2, 0.25) is 11.8 Å². The quantitative estimate of drug-likeness (QED) is 0.249. The van der Waals surface area contributed by atoms with E-state index in [4.69, 9.17) is 32.7 Å². The number of benzene rings is 3. The zero-order valence-corrected chi connectivity index (χ0v) is 20.6. The monoisotopic (exact) mass is 513 g/mol. The standard InChI is InChI=1S/C26H25Cl2N3O4/c1-2-34-24-14-18(10-11-23(24)35-17-19-6-3-4-9-22(19)28)16-29-31-26(33)13-12-25(32)30-21-8-5-7-20(27)15-21/h3-11,14-16H,2,12-13,17H2,1H3,(H,30,32)(H,31,33). The van der Waals surface area contributed by atoms with Gasteiger partial charge in [0.05, 0.1) is 12.8 Å². The third-order valence-electron chi connectivity index (χ3n) is 4.70. The van der Waals surface area contributed by atoms with Crippen molar-refractivity contribution in [3.05, 3.63) is 87.9 Å². The number of ether oxygens (including phenoxy) is 2. The molecule has 0 aromatic heterocycles. The van der Waals surface area contributed by atoms with Gasteiger partial charge >= 0.3 is 0 Å². The molecule has 3 rings (SSSR count). The third kappa shape index (κ3) is 8.63. The molecule has 0 heterocycles. The van der Waals surface area contributed by atoms with Gasteiger partial charge in [-0.3, -0.25) is 9.59 Å². The molecule has 7 nitrogen and oxygen atoms in total. The highest BCUT2D eigenvalue weighted by Crippen LogP contribution is 2.29. The zero-order chi connectivity index (χ0) is 25.0. The van der Waals surface area contributed by atoms with Crippen LogP contribution < -0.4 is 20.2 Å². The van der Waals surface area contributed by atoms with Gasteiger partial charge in [-0.2, -0.15) is 5.10 Å². The first-order valence-electron chi connectivity index (χ1n) is 10.9. The van der Waals surface area contributed by atoms with Crippen LogP contribution in [0.5, 0.6) is 11.5 Å². The van der Waals surface area contributed by atoms with E-state index in [0.29, 0.717) is 46.0 Å². The fourth-order valence-corrected chi connectivity index (χ4v) is 3.40. The van der Waals surface area contributed by atoms with Crippen molar-refractivity contribution >= 4 is 46.9 Å². The molecule has 3 aromatic rings. The van der Waals surface area contributed by atoms with Crippen LogP contribution in [0, 0.1) is 0 Å². The molecular weight excluding hydrogens is 489 g/mol. The lowest BCUT2D eigenvalue weighted by Crippen LogP contribution is -2.20. The number of hydrazone groups is 1. The van der Waals surface area contributed by atoms with E-state index in [1.165, 1.54) is 6.21 Å². The van der Waals surface area contributed by atoms with Crippen molar-refractivity contribution in [1.82, 2.24) is 5.43 Å². The summed E-state index contributed by atoms with van der Waals surface area (Å²) in [7, 11) is 0. The van der Waals surface area contributed by atoms with Crippen molar-refractivity contribution in [3.8, 4) is 11.5 Å². The Labute approximate surface area is 214 Å². The van der Waals surface area contributed by atoms with Gasteiger partial charge in [0, 0.05) is 34.1 Å². The van der Waals surface area contributed by atoms with Gasteiger partial charge in [0.25, 0.3) is 0 Å². The minimum absolute atomic E-state index is 0.0112. The van der Waals surface area contributed by atoms with Crippen molar-refractivity contribution in [2.24, 2.45) is 5.10 Å². The molecule has 0 aliphatic rings. The van der Waals surface area contributed by atoms with Gasteiger partial charge in [-0.05, 0) is 55.0 Å². The second-order valence-corrected chi connectivity index (χ2v) is 8.21. The molecule has 0 bridgehead atoms. The molecule has 0 spiro atoms. The van der Waals surface area contributed by atoms with Crippen LogP contribution in [0.2, 0.25) is 10.0 Å². The Hall–Kier alpha value is -3.55. The molecule has 35 heavy (non-hydrogen) atoms. The van der Waals surface area contributed by atoms with E-state index in [-0.39, 0.29) is 24.7 Å². The number of carbonyl (C=O) groups excluding carboxylic acids is 2. The van der Waals surface area contributed by atoms with Crippen LogP contribution in [0.4, 0.5) is 5.69 Å². The van der Waals surface area contributed by atoms with Crippen LogP contribution >= 0.6 is 23.2 Å². The summed E-state index contributed by atoms with van der Waals surface area (Å²) in [5.41, 5.74) is 4.57. The van der Waals surface area contributed by atoms with Crippen molar-refractivity contribution < 1.29 is 19.1 Å². The summed E-state index contributed by atoms with van der Waals surface area (Å²) >= 11 is 12.1. The van der Waals surface area contributed by atoms with Crippen LogP contribution in [0.3, 0.4) is 0 Å². The van der Waals surface area contributed by atoms with Crippen molar-refractivity contribution in [2.45, 2.75) is 26.4 Å². The molecule has 0 atom stereocenters. The lowest BCUT2D eigenvalue weighted by Gasteiger charge is -2.13. The third-order valence-corrected chi connectivity index (χ3v) is 5.30. The Morgan fingerprint density at radius 2 is 1.71 bits per heavy atom. The normalized spacial score (nSPS) is 10.7. The number of carbonyl (C=O) groups is 2. The number of nitrogens with one attached hydrogen (secondary N) is 2. The van der Waals surface area contributed by atoms with E-state index in [1.54, 1.807) is 42.5 Å².